The number of hydrogen-bond acceptors (Lipinski definition) is 1. The van der Waals surface area contributed by atoms with Crippen molar-refractivity contribution in [1.29, 1.82) is 0 Å². The molecule has 0 spiro atoms. The van der Waals surface area contributed by atoms with Crippen LogP contribution in [0.15, 0.2) is 60.7 Å². The van der Waals surface area contributed by atoms with Crippen molar-refractivity contribution in [3.8, 4) is 22.4 Å². The van der Waals surface area contributed by atoms with Crippen LogP contribution in [0.4, 0.5) is 4.39 Å². The van der Waals surface area contributed by atoms with Crippen LogP contribution in [0, 0.1) is 18.1 Å². The minimum absolute atomic E-state index is 0.484. The summed E-state index contributed by atoms with van der Waals surface area (Å²) >= 11 is 3.35. The van der Waals surface area contributed by atoms with Crippen molar-refractivity contribution in [2.75, 3.05) is 0 Å². The summed E-state index contributed by atoms with van der Waals surface area (Å²) in [4.78, 5) is 3.87. The zero-order valence-electron chi connectivity index (χ0n) is 10.8. The normalized spacial score (nSPS) is 9.71. The van der Waals surface area contributed by atoms with Gasteiger partial charge < -0.3 is 0 Å². The van der Waals surface area contributed by atoms with Crippen molar-refractivity contribution in [3.05, 3.63) is 78.7 Å². The number of halogens is 2. The zero-order valence-corrected chi connectivity index (χ0v) is 12.5. The van der Waals surface area contributed by atoms with Crippen molar-refractivity contribution in [3.63, 3.8) is 0 Å². The first-order valence-corrected chi connectivity index (χ1v) is 7.43. The molecule has 4 heteroatoms. The second-order valence-corrected chi connectivity index (χ2v) is 4.10. The van der Waals surface area contributed by atoms with Gasteiger partial charge in [0.15, 0.2) is 0 Å². The van der Waals surface area contributed by atoms with Crippen LogP contribution < -0.4 is 0 Å². The quantitative estimate of drug-likeness (QED) is 0.369. The van der Waals surface area contributed by atoms with E-state index in [1.165, 1.54) is 6.07 Å². The Kier molecular flexibility index (Phi) is 5.92. The predicted octanol–water partition coefficient (Wildman–Crippen LogP) is 4.84. The van der Waals surface area contributed by atoms with Crippen LogP contribution in [0.1, 0.15) is 0 Å². The molecule has 3 rings (SSSR count). The van der Waals surface area contributed by atoms with Crippen LogP contribution in [0.2, 0.25) is 0 Å². The molecule has 0 bridgehead atoms. The molecule has 21 heavy (non-hydrogen) atoms. The molecule has 0 aliphatic rings. The molecule has 109 valence electrons. The van der Waals surface area contributed by atoms with E-state index in [9.17, 15) is 4.39 Å². The van der Waals surface area contributed by atoms with Crippen LogP contribution in [0.5, 0.6) is 0 Å². The molecule has 2 aromatic carbocycles. The summed E-state index contributed by atoms with van der Waals surface area (Å²) in [6.45, 7) is 0. The summed E-state index contributed by atoms with van der Waals surface area (Å²) in [6, 6.07) is 24.6. The van der Waals surface area contributed by atoms with Crippen molar-refractivity contribution in [1.82, 2.24) is 4.98 Å². The van der Waals surface area contributed by atoms with E-state index in [4.69, 9.17) is 0 Å². The van der Waals surface area contributed by atoms with Gasteiger partial charge in [-0.15, -0.1) is 23.8 Å². The number of benzene rings is 2. The second-order valence-electron chi connectivity index (χ2n) is 4.10. The summed E-state index contributed by atoms with van der Waals surface area (Å²) in [5.74, 6) is -0.484. The molecule has 0 fully saturated rings. The van der Waals surface area contributed by atoms with E-state index in [0.29, 0.717) is 5.69 Å². The van der Waals surface area contributed by atoms with E-state index in [0.717, 1.165) is 16.7 Å². The van der Waals surface area contributed by atoms with Crippen LogP contribution in [0.3, 0.4) is 0 Å². The first kappa shape index (κ1) is 15.7. The fraction of sp³-hybridized carbons (Fsp3) is 0. The maximum absolute atomic E-state index is 13.1. The molecule has 0 amide bonds. The molecule has 0 atom stereocenters. The standard InChI is InChI=1S/C17H10FN.ClH.Ni/c18-17-11-5-10-16(19-17)15-9-4-8-14(12-15)13-6-2-1-3-7-13;;/h1-6,8-11H;1H;/q-2;;+1/p-1. The van der Waals surface area contributed by atoms with Crippen molar-refractivity contribution in [2.45, 2.75) is 0 Å². The fourth-order valence-corrected chi connectivity index (χ4v) is 1.89. The molecule has 0 unspecified atom stereocenters. The summed E-state index contributed by atoms with van der Waals surface area (Å²) in [7, 11) is 4.26. The summed E-state index contributed by atoms with van der Waals surface area (Å²) in [6.07, 6.45) is 0. The SMILES string of the molecule is Fc1cccc(-c2[c-]c(-c3[c-]cccc3)ccc2)n1.[Cl][Ni]. The molecule has 0 radical (unpaired) electrons. The molecule has 0 saturated carbocycles. The Bertz CT molecular complexity index is 704. The molecular weight excluding hydrogens is 331 g/mol. The molecular formula is C17H10ClFNNi-2. The fourth-order valence-electron chi connectivity index (χ4n) is 1.89. The predicted molar refractivity (Wildman–Crippen MR) is 78.6 cm³/mol. The average Bonchev–Trinajstić information content (AvgIpc) is 2.58. The van der Waals surface area contributed by atoms with Gasteiger partial charge in [-0.2, -0.15) is 46.4 Å². The molecule has 1 nitrogen and oxygen atoms in total. The third-order valence-electron chi connectivity index (χ3n) is 2.79. The minimum atomic E-state index is -0.484. The second kappa shape index (κ2) is 7.92. The number of hydrogen-bond donors (Lipinski definition) is 0. The van der Waals surface area contributed by atoms with Crippen LogP contribution in [-0.2, 0) is 14.6 Å². The topological polar surface area (TPSA) is 12.9 Å². The summed E-state index contributed by atoms with van der Waals surface area (Å²) in [5, 5.41) is 0. The number of pyridine rings is 1. The van der Waals surface area contributed by atoms with Gasteiger partial charge in [0.2, 0.25) is 5.95 Å². The number of aromatic nitrogens is 1. The molecule has 3 aromatic rings. The third-order valence-corrected chi connectivity index (χ3v) is 2.79. The van der Waals surface area contributed by atoms with Gasteiger partial charge in [0, 0.05) is 5.69 Å². The number of nitrogens with zero attached hydrogens (tertiary/aromatic N) is 1. The van der Waals surface area contributed by atoms with E-state index in [1.54, 1.807) is 12.1 Å². The van der Waals surface area contributed by atoms with Crippen molar-refractivity contribution in [2.24, 2.45) is 0 Å². The van der Waals surface area contributed by atoms with E-state index >= 15 is 0 Å². The monoisotopic (exact) mass is 340 g/mol. The Hall–Kier alpha value is -1.70. The third kappa shape index (κ3) is 4.13. The van der Waals surface area contributed by atoms with E-state index in [-0.39, 0.29) is 0 Å². The van der Waals surface area contributed by atoms with Gasteiger partial charge in [0.05, 0.1) is 0 Å². The van der Waals surface area contributed by atoms with Gasteiger partial charge in [0.1, 0.15) is 0 Å². The maximum atomic E-state index is 13.1. The van der Waals surface area contributed by atoms with Crippen LogP contribution in [-0.4, -0.2) is 4.98 Å². The van der Waals surface area contributed by atoms with Crippen LogP contribution in [0.25, 0.3) is 22.4 Å². The van der Waals surface area contributed by atoms with Gasteiger partial charge in [-0.25, -0.2) is 5.56 Å². The van der Waals surface area contributed by atoms with Gasteiger partial charge in [-0.05, 0) is 6.07 Å². The molecule has 1 aromatic heterocycles. The number of rotatable bonds is 2. The first-order chi connectivity index (χ1) is 10.3. The molecule has 0 aliphatic carbocycles. The molecule has 1 heterocycles. The van der Waals surface area contributed by atoms with Gasteiger partial charge in [-0.1, -0.05) is 12.1 Å². The summed E-state index contributed by atoms with van der Waals surface area (Å²) < 4.78 is 13.1. The Morgan fingerprint density at radius 2 is 1.57 bits per heavy atom. The Balaban J connectivity index is 0.000000774. The summed E-state index contributed by atoms with van der Waals surface area (Å²) in [5.41, 5.74) is 3.23. The Labute approximate surface area is 135 Å². The zero-order chi connectivity index (χ0) is 15.1. The van der Waals surface area contributed by atoms with Crippen molar-refractivity contribution >= 4 is 10.2 Å². The van der Waals surface area contributed by atoms with Crippen molar-refractivity contribution < 1.29 is 19.0 Å². The first-order valence-electron chi connectivity index (χ1n) is 6.07. The molecule has 0 aliphatic heterocycles. The Morgan fingerprint density at radius 1 is 0.857 bits per heavy atom. The average molecular weight is 341 g/mol. The van der Waals surface area contributed by atoms with Gasteiger partial charge >= 0.3 is 24.8 Å². The van der Waals surface area contributed by atoms with Gasteiger partial charge in [0.25, 0.3) is 0 Å². The van der Waals surface area contributed by atoms with E-state index in [2.05, 4.69) is 41.9 Å². The van der Waals surface area contributed by atoms with E-state index < -0.39 is 5.95 Å². The van der Waals surface area contributed by atoms with Gasteiger partial charge in [-0.3, -0.25) is 4.98 Å². The molecule has 0 saturated heterocycles. The molecule has 0 N–H and O–H groups in total. The van der Waals surface area contributed by atoms with E-state index in [1.807, 2.05) is 42.5 Å². The van der Waals surface area contributed by atoms with Crippen LogP contribution >= 0.6 is 10.2 Å². The Morgan fingerprint density at radius 3 is 2.29 bits per heavy atom.